The molecule has 1 heterocycles. The number of benzene rings is 7. The van der Waals surface area contributed by atoms with E-state index in [2.05, 4.69) is 182 Å². The Hall–Kier alpha value is -6.12. The first-order valence-electron chi connectivity index (χ1n) is 16.0. The van der Waals surface area contributed by atoms with Crippen LogP contribution in [0.15, 0.2) is 186 Å². The van der Waals surface area contributed by atoms with Crippen LogP contribution < -0.4 is 4.90 Å². The molecule has 8 aromatic rings. The molecule has 0 N–H and O–H groups in total. The topological polar surface area (TPSA) is 16.4 Å². The second-order valence-electron chi connectivity index (χ2n) is 11.8. The largest absolute Gasteiger partial charge is 0.456 e. The Morgan fingerprint density at radius 1 is 0.404 bits per heavy atom. The van der Waals surface area contributed by atoms with Crippen molar-refractivity contribution in [1.29, 1.82) is 0 Å². The van der Waals surface area contributed by atoms with E-state index in [4.69, 9.17) is 4.42 Å². The van der Waals surface area contributed by atoms with Crippen molar-refractivity contribution < 1.29 is 4.42 Å². The van der Waals surface area contributed by atoms with Gasteiger partial charge in [-0.1, -0.05) is 152 Å². The summed E-state index contributed by atoms with van der Waals surface area (Å²) >= 11 is 0. The minimum atomic E-state index is 0.897. The van der Waals surface area contributed by atoms with Gasteiger partial charge in [0.05, 0.1) is 11.4 Å². The van der Waals surface area contributed by atoms with Crippen molar-refractivity contribution in [1.82, 2.24) is 0 Å². The highest BCUT2D eigenvalue weighted by molar-refractivity contribution is 5.95. The van der Waals surface area contributed by atoms with E-state index < -0.39 is 0 Å². The van der Waals surface area contributed by atoms with Crippen LogP contribution in [0.2, 0.25) is 0 Å². The van der Waals surface area contributed by atoms with Gasteiger partial charge in [0.2, 0.25) is 0 Å². The average Bonchev–Trinajstić information content (AvgIpc) is 3.49. The molecule has 8 rings (SSSR count). The van der Waals surface area contributed by atoms with Gasteiger partial charge in [0.25, 0.3) is 0 Å². The first kappa shape index (κ1) is 28.4. The van der Waals surface area contributed by atoms with Gasteiger partial charge in [0.15, 0.2) is 0 Å². The molecule has 0 bridgehead atoms. The average molecular weight is 604 g/mol. The smallest absolute Gasteiger partial charge is 0.138 e. The van der Waals surface area contributed by atoms with Crippen LogP contribution >= 0.6 is 0 Å². The quantitative estimate of drug-likeness (QED) is 0.180. The summed E-state index contributed by atoms with van der Waals surface area (Å²) in [7, 11) is 0. The third kappa shape index (κ3) is 5.41. The number of nitrogens with zero attached hydrogens (tertiary/aromatic N) is 1. The number of hydrogen-bond acceptors (Lipinski definition) is 2. The van der Waals surface area contributed by atoms with Crippen LogP contribution in [-0.2, 0) is 0 Å². The molecule has 0 radical (unpaired) electrons. The molecule has 2 nitrogen and oxygen atoms in total. The van der Waals surface area contributed by atoms with Crippen molar-refractivity contribution in [2.45, 2.75) is 6.92 Å². The molecular weight excluding hydrogens is 571 g/mol. The first-order valence-corrected chi connectivity index (χ1v) is 16.0. The molecular formula is C45H33NO. The number of rotatable bonds is 7. The zero-order valence-corrected chi connectivity index (χ0v) is 26.2. The van der Waals surface area contributed by atoms with Gasteiger partial charge >= 0.3 is 0 Å². The van der Waals surface area contributed by atoms with E-state index in [-0.39, 0.29) is 0 Å². The summed E-state index contributed by atoms with van der Waals surface area (Å²) in [5, 5.41) is 1.14. The molecule has 0 amide bonds. The second kappa shape index (κ2) is 12.3. The molecule has 0 fully saturated rings. The van der Waals surface area contributed by atoms with Gasteiger partial charge < -0.3 is 9.32 Å². The molecule has 0 spiro atoms. The molecule has 0 aliphatic rings. The Morgan fingerprint density at radius 3 is 1.55 bits per heavy atom. The molecule has 2 heteroatoms. The predicted octanol–water partition coefficient (Wildman–Crippen LogP) is 12.9. The standard InChI is InChI=1S/C45H33NO/c1-32-39-21-10-13-26-44(39)47-45(32)37-19-14-20-38(31-37)46(42-24-11-8-22-40(42)35-17-6-3-7-18-35)43-25-12-9-23-41(43)36-29-27-34(28-30-36)33-15-4-2-5-16-33/h2-31H,1H3. The Bertz CT molecular complexity index is 2300. The number of anilines is 3. The van der Waals surface area contributed by atoms with Crippen LogP contribution in [0.1, 0.15) is 5.56 Å². The van der Waals surface area contributed by atoms with Gasteiger partial charge in [-0.05, 0) is 59.5 Å². The highest BCUT2D eigenvalue weighted by Gasteiger charge is 2.21. The third-order valence-corrected chi connectivity index (χ3v) is 8.89. The summed E-state index contributed by atoms with van der Waals surface area (Å²) in [6, 6.07) is 64.4. The summed E-state index contributed by atoms with van der Waals surface area (Å²) in [5.41, 5.74) is 13.4. The van der Waals surface area contributed by atoms with Gasteiger partial charge in [-0.15, -0.1) is 0 Å². The predicted molar refractivity (Wildman–Crippen MR) is 197 cm³/mol. The Balaban J connectivity index is 1.32. The fraction of sp³-hybridized carbons (Fsp3) is 0.0222. The summed E-state index contributed by atoms with van der Waals surface area (Å²) in [4.78, 5) is 2.39. The Kier molecular flexibility index (Phi) is 7.45. The Labute approximate surface area is 275 Å². The number of para-hydroxylation sites is 3. The fourth-order valence-electron chi connectivity index (χ4n) is 6.56. The lowest BCUT2D eigenvalue weighted by Gasteiger charge is -2.30. The minimum Gasteiger partial charge on any atom is -0.456 e. The van der Waals surface area contributed by atoms with Gasteiger partial charge in [0, 0.05) is 33.3 Å². The van der Waals surface area contributed by atoms with Crippen LogP contribution in [0.5, 0.6) is 0 Å². The molecule has 7 aromatic carbocycles. The molecule has 0 atom stereocenters. The van der Waals surface area contributed by atoms with Crippen molar-refractivity contribution in [3.05, 3.63) is 188 Å². The molecule has 0 saturated heterocycles. The van der Waals surface area contributed by atoms with Crippen LogP contribution in [-0.4, -0.2) is 0 Å². The number of hydrogen-bond donors (Lipinski definition) is 0. The summed E-state index contributed by atoms with van der Waals surface area (Å²) < 4.78 is 6.45. The lowest BCUT2D eigenvalue weighted by molar-refractivity contribution is 0.629. The summed E-state index contributed by atoms with van der Waals surface area (Å²) in [6.45, 7) is 2.14. The number of furan rings is 1. The molecule has 224 valence electrons. The van der Waals surface area contributed by atoms with Crippen molar-refractivity contribution in [3.8, 4) is 44.7 Å². The van der Waals surface area contributed by atoms with Crippen molar-refractivity contribution >= 4 is 28.0 Å². The maximum Gasteiger partial charge on any atom is 0.138 e. The fourth-order valence-corrected chi connectivity index (χ4v) is 6.56. The molecule has 0 aliphatic carbocycles. The van der Waals surface area contributed by atoms with E-state index >= 15 is 0 Å². The normalized spacial score (nSPS) is 11.1. The van der Waals surface area contributed by atoms with Crippen LogP contribution in [0.4, 0.5) is 17.1 Å². The van der Waals surface area contributed by atoms with Crippen molar-refractivity contribution in [2.75, 3.05) is 4.90 Å². The first-order chi connectivity index (χ1) is 23.2. The van der Waals surface area contributed by atoms with E-state index in [1.54, 1.807) is 0 Å². The molecule has 0 aliphatic heterocycles. The van der Waals surface area contributed by atoms with E-state index in [1.165, 1.54) is 16.7 Å². The van der Waals surface area contributed by atoms with Crippen LogP contribution in [0, 0.1) is 6.92 Å². The molecule has 1 aromatic heterocycles. The van der Waals surface area contributed by atoms with E-state index in [9.17, 15) is 0 Å². The zero-order valence-electron chi connectivity index (χ0n) is 26.2. The molecule has 0 saturated carbocycles. The highest BCUT2D eigenvalue weighted by atomic mass is 16.3. The minimum absolute atomic E-state index is 0.897. The monoisotopic (exact) mass is 603 g/mol. The molecule has 0 unspecified atom stereocenters. The SMILES string of the molecule is Cc1c(-c2cccc(N(c3ccccc3-c3ccccc3)c3ccccc3-c3ccc(-c4ccccc4)cc3)c2)oc2ccccc12. The lowest BCUT2D eigenvalue weighted by Crippen LogP contribution is -2.12. The van der Waals surface area contributed by atoms with Crippen molar-refractivity contribution in [3.63, 3.8) is 0 Å². The van der Waals surface area contributed by atoms with Gasteiger partial charge in [0.1, 0.15) is 11.3 Å². The second-order valence-corrected chi connectivity index (χ2v) is 11.8. The van der Waals surface area contributed by atoms with Gasteiger partial charge in [-0.2, -0.15) is 0 Å². The zero-order chi connectivity index (χ0) is 31.6. The van der Waals surface area contributed by atoms with Crippen LogP contribution in [0.25, 0.3) is 55.7 Å². The maximum atomic E-state index is 6.45. The van der Waals surface area contributed by atoms with Gasteiger partial charge in [-0.3, -0.25) is 0 Å². The van der Waals surface area contributed by atoms with Crippen LogP contribution in [0.3, 0.4) is 0 Å². The van der Waals surface area contributed by atoms with E-state index in [0.717, 1.165) is 61.6 Å². The Morgan fingerprint density at radius 2 is 0.894 bits per heavy atom. The third-order valence-electron chi connectivity index (χ3n) is 8.89. The summed E-state index contributed by atoms with van der Waals surface area (Å²) in [5.74, 6) is 0.897. The van der Waals surface area contributed by atoms with E-state index in [0.29, 0.717) is 0 Å². The van der Waals surface area contributed by atoms with Gasteiger partial charge in [-0.25, -0.2) is 0 Å². The number of aryl methyl sites for hydroxylation is 1. The van der Waals surface area contributed by atoms with E-state index in [1.807, 2.05) is 12.1 Å². The maximum absolute atomic E-state index is 6.45. The molecule has 47 heavy (non-hydrogen) atoms. The van der Waals surface area contributed by atoms with Crippen molar-refractivity contribution in [2.24, 2.45) is 0 Å². The summed E-state index contributed by atoms with van der Waals surface area (Å²) in [6.07, 6.45) is 0. The number of fused-ring (bicyclic) bond motifs is 1. The lowest BCUT2D eigenvalue weighted by atomic mass is 9.97. The highest BCUT2D eigenvalue weighted by Crippen LogP contribution is 2.46.